The number of benzene rings is 1. The molecule has 2 aromatic heterocycles. The summed E-state index contributed by atoms with van der Waals surface area (Å²) in [7, 11) is 1.92. The van der Waals surface area contributed by atoms with Gasteiger partial charge in [0.25, 0.3) is 0 Å². The van der Waals surface area contributed by atoms with E-state index in [0.29, 0.717) is 12.8 Å². The van der Waals surface area contributed by atoms with Crippen LogP contribution in [-0.2, 0) is 13.6 Å². The number of aromatic nitrogens is 4. The van der Waals surface area contributed by atoms with E-state index in [4.69, 9.17) is 9.47 Å². The Kier molecular flexibility index (Phi) is 4.75. The largest absolute Gasteiger partial charge is 0.454 e. The molecular formula is C24H28N6O2. The van der Waals surface area contributed by atoms with E-state index in [1.165, 1.54) is 18.4 Å². The van der Waals surface area contributed by atoms with Gasteiger partial charge in [0.05, 0.1) is 11.4 Å². The molecule has 3 aromatic rings. The van der Waals surface area contributed by atoms with E-state index >= 15 is 0 Å². The molecule has 0 amide bonds. The Morgan fingerprint density at radius 2 is 1.84 bits per heavy atom. The number of nitrogens with one attached hydrogen (secondary N) is 1. The molecule has 0 radical (unpaired) electrons. The summed E-state index contributed by atoms with van der Waals surface area (Å²) in [5, 5.41) is 16.9. The summed E-state index contributed by atoms with van der Waals surface area (Å²) in [6.07, 6.45) is 4.36. The molecule has 8 nitrogen and oxygen atoms in total. The number of fused-ring (bicyclic) bond motifs is 2. The predicted octanol–water partition coefficient (Wildman–Crippen LogP) is 3.24. The van der Waals surface area contributed by atoms with Crippen LogP contribution in [0.2, 0.25) is 0 Å². The molecule has 1 saturated heterocycles. The van der Waals surface area contributed by atoms with Gasteiger partial charge in [-0.1, -0.05) is 6.07 Å². The van der Waals surface area contributed by atoms with Crippen LogP contribution in [0.3, 0.4) is 0 Å². The normalized spacial score (nSPS) is 24.1. The Balaban J connectivity index is 1.03. The van der Waals surface area contributed by atoms with Gasteiger partial charge >= 0.3 is 0 Å². The van der Waals surface area contributed by atoms with E-state index in [0.717, 1.165) is 65.7 Å². The van der Waals surface area contributed by atoms with Crippen molar-refractivity contribution < 1.29 is 9.47 Å². The van der Waals surface area contributed by atoms with Crippen molar-refractivity contribution in [1.29, 1.82) is 0 Å². The van der Waals surface area contributed by atoms with Crippen LogP contribution in [0.4, 0.5) is 5.82 Å². The Morgan fingerprint density at radius 3 is 2.56 bits per heavy atom. The summed E-state index contributed by atoms with van der Waals surface area (Å²) in [6.45, 7) is 5.61. The molecule has 0 bridgehead atoms. The highest BCUT2D eigenvalue weighted by molar-refractivity contribution is 5.61. The third-order valence-electron chi connectivity index (χ3n) is 6.98. The maximum atomic E-state index is 5.52. The Hall–Kier alpha value is -3.13. The molecule has 3 atom stereocenters. The number of hydrogen-bond donors (Lipinski definition) is 1. The predicted molar refractivity (Wildman–Crippen MR) is 120 cm³/mol. The lowest BCUT2D eigenvalue weighted by atomic mass is 10.0. The molecule has 3 aliphatic rings. The van der Waals surface area contributed by atoms with E-state index in [2.05, 4.69) is 37.6 Å². The van der Waals surface area contributed by atoms with Gasteiger partial charge in [0.2, 0.25) is 6.79 Å². The number of rotatable bonds is 5. The van der Waals surface area contributed by atoms with Crippen molar-refractivity contribution in [3.05, 3.63) is 47.8 Å². The Morgan fingerprint density at radius 1 is 1.03 bits per heavy atom. The van der Waals surface area contributed by atoms with Crippen LogP contribution < -0.4 is 14.8 Å². The first-order chi connectivity index (χ1) is 15.6. The second-order valence-electron chi connectivity index (χ2n) is 9.32. The summed E-state index contributed by atoms with van der Waals surface area (Å²) in [5.41, 5.74) is 4.16. The zero-order valence-corrected chi connectivity index (χ0v) is 18.5. The number of likely N-dealkylation sites (tertiary alicyclic amines) is 1. The van der Waals surface area contributed by atoms with Gasteiger partial charge in [-0.3, -0.25) is 9.58 Å². The van der Waals surface area contributed by atoms with Crippen molar-refractivity contribution >= 4 is 5.82 Å². The molecule has 6 rings (SSSR count). The van der Waals surface area contributed by atoms with Gasteiger partial charge in [0, 0.05) is 44.5 Å². The molecule has 8 heteroatoms. The minimum atomic E-state index is 0.331. The Labute approximate surface area is 187 Å². The molecule has 0 spiro atoms. The van der Waals surface area contributed by atoms with Crippen molar-refractivity contribution in [3.8, 4) is 22.8 Å². The fourth-order valence-electron chi connectivity index (χ4n) is 5.55. The first-order valence-electron chi connectivity index (χ1n) is 11.3. The van der Waals surface area contributed by atoms with E-state index in [1.807, 2.05) is 43.0 Å². The molecule has 32 heavy (non-hydrogen) atoms. The molecule has 166 valence electrons. The summed E-state index contributed by atoms with van der Waals surface area (Å²) in [5.74, 6) is 4.07. The molecule has 1 aromatic carbocycles. The molecule has 1 saturated carbocycles. The lowest BCUT2D eigenvalue weighted by Crippen LogP contribution is -2.25. The van der Waals surface area contributed by atoms with Crippen LogP contribution in [0.1, 0.15) is 24.1 Å². The molecular weight excluding hydrogens is 404 g/mol. The van der Waals surface area contributed by atoms with Gasteiger partial charge in [0.1, 0.15) is 5.82 Å². The van der Waals surface area contributed by atoms with Crippen molar-refractivity contribution in [3.63, 3.8) is 0 Å². The van der Waals surface area contributed by atoms with Gasteiger partial charge in [-0.25, -0.2) is 0 Å². The monoisotopic (exact) mass is 432 g/mol. The van der Waals surface area contributed by atoms with Gasteiger partial charge in [-0.15, -0.1) is 10.2 Å². The maximum absolute atomic E-state index is 5.52. The third kappa shape index (κ3) is 3.68. The zero-order chi connectivity index (χ0) is 21.7. The number of nitrogens with zero attached hydrogens (tertiary/aromatic N) is 5. The summed E-state index contributed by atoms with van der Waals surface area (Å²) >= 11 is 0. The van der Waals surface area contributed by atoms with Crippen LogP contribution in [0.5, 0.6) is 11.5 Å². The maximum Gasteiger partial charge on any atom is 0.231 e. The number of anilines is 1. The average molecular weight is 433 g/mol. The van der Waals surface area contributed by atoms with Crippen LogP contribution in [0, 0.1) is 18.8 Å². The highest BCUT2D eigenvalue weighted by atomic mass is 16.7. The van der Waals surface area contributed by atoms with Gasteiger partial charge in [0.15, 0.2) is 11.5 Å². The van der Waals surface area contributed by atoms with Gasteiger partial charge < -0.3 is 14.8 Å². The van der Waals surface area contributed by atoms with Crippen LogP contribution in [0.15, 0.2) is 36.5 Å². The molecule has 4 heterocycles. The first kappa shape index (κ1) is 19.5. The van der Waals surface area contributed by atoms with Crippen LogP contribution in [-0.4, -0.2) is 50.8 Å². The molecule has 2 fully saturated rings. The van der Waals surface area contributed by atoms with E-state index in [1.54, 1.807) is 0 Å². The minimum absolute atomic E-state index is 0.331. The van der Waals surface area contributed by atoms with E-state index < -0.39 is 0 Å². The van der Waals surface area contributed by atoms with Crippen LogP contribution >= 0.6 is 0 Å². The first-order valence-corrected chi connectivity index (χ1v) is 11.3. The van der Waals surface area contributed by atoms with Gasteiger partial charge in [-0.2, -0.15) is 5.10 Å². The zero-order valence-electron chi connectivity index (χ0n) is 18.5. The van der Waals surface area contributed by atoms with Crippen LogP contribution in [0.25, 0.3) is 11.3 Å². The SMILES string of the molecule is Cc1nn(C)cc1-c1ccc(N[C@@H]2C[C@@H]3CN(Cc4ccc5c(c4)OCO5)C[C@@H]3C2)nn1. The quantitative estimate of drug-likeness (QED) is 0.663. The number of aryl methyl sites for hydroxylation is 2. The Bertz CT molecular complexity index is 1110. The van der Waals surface area contributed by atoms with Crippen molar-refractivity contribution in [2.45, 2.75) is 32.4 Å². The fraction of sp³-hybridized carbons (Fsp3) is 0.458. The van der Waals surface area contributed by atoms with E-state index in [9.17, 15) is 0 Å². The lowest BCUT2D eigenvalue weighted by molar-refractivity contribution is 0.174. The molecule has 1 N–H and O–H groups in total. The van der Waals surface area contributed by atoms with Crippen molar-refractivity contribution in [2.75, 3.05) is 25.2 Å². The highest BCUT2D eigenvalue weighted by Gasteiger charge is 2.40. The van der Waals surface area contributed by atoms with E-state index in [-0.39, 0.29) is 0 Å². The smallest absolute Gasteiger partial charge is 0.231 e. The third-order valence-corrected chi connectivity index (χ3v) is 6.98. The average Bonchev–Trinajstić information content (AvgIpc) is 3.52. The standard InChI is InChI=1S/C24H28N6O2/c1-15-20(13-29(2)28-15)21-4-6-24(27-26-21)25-19-8-17-11-30(12-18(17)9-19)10-16-3-5-22-23(7-16)32-14-31-22/h3-7,13,17-19H,8-12,14H2,1-2H3,(H,25,27)/t17-,18+,19-. The second kappa shape index (κ2) is 7.78. The summed E-state index contributed by atoms with van der Waals surface area (Å²) < 4.78 is 12.8. The van der Waals surface area contributed by atoms with Gasteiger partial charge in [-0.05, 0) is 61.4 Å². The lowest BCUT2D eigenvalue weighted by Gasteiger charge is -2.20. The van der Waals surface area contributed by atoms with Crippen molar-refractivity contribution in [1.82, 2.24) is 24.9 Å². The van der Waals surface area contributed by atoms with Crippen molar-refractivity contribution in [2.24, 2.45) is 18.9 Å². The minimum Gasteiger partial charge on any atom is -0.454 e. The molecule has 2 aliphatic heterocycles. The summed E-state index contributed by atoms with van der Waals surface area (Å²) in [4.78, 5) is 2.58. The number of ether oxygens (including phenoxy) is 2. The second-order valence-corrected chi connectivity index (χ2v) is 9.32. The fourth-order valence-corrected chi connectivity index (χ4v) is 5.55. The molecule has 0 unspecified atom stereocenters. The highest BCUT2D eigenvalue weighted by Crippen LogP contribution is 2.40. The molecule has 1 aliphatic carbocycles. The number of hydrogen-bond acceptors (Lipinski definition) is 7. The summed E-state index contributed by atoms with van der Waals surface area (Å²) in [6, 6.07) is 10.8. The topological polar surface area (TPSA) is 77.3 Å².